The summed E-state index contributed by atoms with van der Waals surface area (Å²) in [5.74, 6) is 0.693. The van der Waals surface area contributed by atoms with Crippen LogP contribution in [0.2, 0.25) is 5.02 Å². The molecule has 0 radical (unpaired) electrons. The highest BCUT2D eigenvalue weighted by molar-refractivity contribution is 6.30. The van der Waals surface area contributed by atoms with Crippen LogP contribution in [0.5, 0.6) is 0 Å². The Morgan fingerprint density at radius 3 is 2.60 bits per heavy atom. The van der Waals surface area contributed by atoms with Crippen molar-refractivity contribution < 1.29 is 14.3 Å². The van der Waals surface area contributed by atoms with Gasteiger partial charge in [0.25, 0.3) is 12.2 Å². The highest BCUT2D eigenvalue weighted by atomic mass is 35.5. The number of aromatic nitrogens is 3. The SMILES string of the molecule is O=C(c1ccc(Nn2c[n+]3cccc(N4CCC(O)(c5ccc(Cl)cc5)CC4)c3n2)cc1)N1CCC2CNCC21. The summed E-state index contributed by atoms with van der Waals surface area (Å²) in [6.07, 6.45) is 6.19. The van der Waals surface area contributed by atoms with E-state index in [1.54, 1.807) is 4.79 Å². The van der Waals surface area contributed by atoms with Crippen LogP contribution in [0.3, 0.4) is 0 Å². The van der Waals surface area contributed by atoms with Crippen LogP contribution < -0.4 is 20.0 Å². The summed E-state index contributed by atoms with van der Waals surface area (Å²) >= 11 is 6.04. The van der Waals surface area contributed by atoms with Crippen molar-refractivity contribution in [3.63, 3.8) is 0 Å². The predicted molar refractivity (Wildman–Crippen MR) is 153 cm³/mol. The van der Waals surface area contributed by atoms with E-state index in [-0.39, 0.29) is 5.91 Å². The van der Waals surface area contributed by atoms with E-state index in [9.17, 15) is 9.90 Å². The molecule has 0 saturated carbocycles. The van der Waals surface area contributed by atoms with Gasteiger partial charge in [0.2, 0.25) is 0 Å². The maximum atomic E-state index is 13.1. The molecule has 10 heteroatoms. The zero-order chi connectivity index (χ0) is 27.3. The summed E-state index contributed by atoms with van der Waals surface area (Å²) in [6.45, 7) is 4.17. The van der Waals surface area contributed by atoms with Gasteiger partial charge in [0.05, 0.1) is 22.6 Å². The second-order valence-corrected chi connectivity index (χ2v) is 11.6. The van der Waals surface area contributed by atoms with Crippen LogP contribution in [-0.4, -0.2) is 64.6 Å². The summed E-state index contributed by atoms with van der Waals surface area (Å²) < 4.78 is 1.99. The van der Waals surface area contributed by atoms with Gasteiger partial charge in [0.15, 0.2) is 0 Å². The molecule has 3 N–H and O–H groups in total. The molecule has 2 atom stereocenters. The molecule has 3 aliphatic rings. The maximum absolute atomic E-state index is 13.1. The van der Waals surface area contributed by atoms with Gasteiger partial charge >= 0.3 is 5.65 Å². The highest BCUT2D eigenvalue weighted by Crippen LogP contribution is 2.35. The number of nitrogens with one attached hydrogen (secondary N) is 2. The molecule has 206 valence electrons. The van der Waals surface area contributed by atoms with Crippen molar-refractivity contribution in [2.45, 2.75) is 30.9 Å². The van der Waals surface area contributed by atoms with Gasteiger partial charge in [-0.05, 0) is 84.1 Å². The number of nitrogens with zero attached hydrogens (tertiary/aromatic N) is 5. The van der Waals surface area contributed by atoms with Crippen molar-refractivity contribution in [3.05, 3.63) is 89.3 Å². The second kappa shape index (κ2) is 10.1. The lowest BCUT2D eigenvalue weighted by Gasteiger charge is -2.39. The Hall–Kier alpha value is -3.66. The average Bonchev–Trinajstić information content (AvgIpc) is 3.70. The van der Waals surface area contributed by atoms with Crippen LogP contribution in [0.25, 0.3) is 5.65 Å². The van der Waals surface area contributed by atoms with Gasteiger partial charge in [-0.15, -0.1) is 0 Å². The zero-order valence-electron chi connectivity index (χ0n) is 22.2. The third-order valence-corrected chi connectivity index (χ3v) is 9.06. The summed E-state index contributed by atoms with van der Waals surface area (Å²) in [5.41, 5.74) is 6.77. The number of rotatable bonds is 5. The van der Waals surface area contributed by atoms with E-state index in [0.29, 0.717) is 48.5 Å². The Kier molecular flexibility index (Phi) is 6.37. The molecule has 0 spiro atoms. The van der Waals surface area contributed by atoms with Gasteiger partial charge in [-0.3, -0.25) is 4.79 Å². The van der Waals surface area contributed by atoms with Crippen molar-refractivity contribution in [3.8, 4) is 0 Å². The molecule has 40 heavy (non-hydrogen) atoms. The third kappa shape index (κ3) is 4.58. The topological polar surface area (TPSA) is 89.8 Å². The first-order valence-electron chi connectivity index (χ1n) is 14.0. The van der Waals surface area contributed by atoms with Gasteiger partial charge in [0, 0.05) is 49.4 Å². The van der Waals surface area contributed by atoms with Gasteiger partial charge in [-0.2, -0.15) is 4.40 Å². The lowest BCUT2D eigenvalue weighted by Crippen LogP contribution is -2.43. The van der Waals surface area contributed by atoms with Crippen LogP contribution in [-0.2, 0) is 5.60 Å². The van der Waals surface area contributed by atoms with Crippen LogP contribution in [0.1, 0.15) is 35.2 Å². The number of aliphatic hydroxyl groups is 1. The Morgan fingerprint density at radius 1 is 1.05 bits per heavy atom. The van der Waals surface area contributed by atoms with Gasteiger partial charge in [0.1, 0.15) is 5.69 Å². The molecule has 0 bridgehead atoms. The van der Waals surface area contributed by atoms with Crippen molar-refractivity contribution in [1.82, 2.24) is 20.1 Å². The molecule has 3 fully saturated rings. The number of hydrogen-bond acceptors (Lipinski definition) is 6. The van der Waals surface area contributed by atoms with E-state index in [1.165, 1.54) is 0 Å². The lowest BCUT2D eigenvalue weighted by atomic mass is 9.84. The van der Waals surface area contributed by atoms with Crippen molar-refractivity contribution in [1.29, 1.82) is 0 Å². The molecule has 0 aliphatic carbocycles. The highest BCUT2D eigenvalue weighted by Gasteiger charge is 2.40. The largest absolute Gasteiger partial charge is 0.385 e. The Balaban J connectivity index is 1.04. The number of piperidine rings is 1. The van der Waals surface area contributed by atoms with E-state index in [1.807, 2.05) is 76.4 Å². The van der Waals surface area contributed by atoms with Crippen LogP contribution in [0.4, 0.5) is 11.4 Å². The van der Waals surface area contributed by atoms with Gasteiger partial charge < -0.3 is 20.2 Å². The number of fused-ring (bicyclic) bond motifs is 2. The van der Waals surface area contributed by atoms with Crippen LogP contribution >= 0.6 is 11.6 Å². The van der Waals surface area contributed by atoms with Crippen LogP contribution in [0, 0.1) is 5.92 Å². The van der Waals surface area contributed by atoms with E-state index in [0.717, 1.165) is 48.6 Å². The molecule has 1 amide bonds. The number of halogens is 1. The molecule has 2 aromatic heterocycles. The van der Waals surface area contributed by atoms with Gasteiger partial charge in [-0.1, -0.05) is 23.7 Å². The zero-order valence-corrected chi connectivity index (χ0v) is 23.0. The Bertz CT molecular complexity index is 1530. The van der Waals surface area contributed by atoms with Crippen LogP contribution in [0.15, 0.2) is 73.2 Å². The predicted octanol–water partition coefficient (Wildman–Crippen LogP) is 3.07. The van der Waals surface area contributed by atoms with E-state index >= 15 is 0 Å². The number of anilines is 2. The minimum atomic E-state index is -0.860. The fourth-order valence-corrected chi connectivity index (χ4v) is 6.63. The lowest BCUT2D eigenvalue weighted by molar-refractivity contribution is -0.512. The van der Waals surface area contributed by atoms with E-state index in [4.69, 9.17) is 16.7 Å². The minimum Gasteiger partial charge on any atom is -0.385 e. The molecule has 3 saturated heterocycles. The maximum Gasteiger partial charge on any atom is 0.332 e. The van der Waals surface area contributed by atoms with E-state index < -0.39 is 5.60 Å². The summed E-state index contributed by atoms with van der Waals surface area (Å²) in [6, 6.07) is 19.5. The van der Waals surface area contributed by atoms with Gasteiger partial charge in [-0.25, -0.2) is 5.43 Å². The van der Waals surface area contributed by atoms with Crippen molar-refractivity contribution in [2.75, 3.05) is 43.0 Å². The quantitative estimate of drug-likeness (QED) is 0.326. The molecule has 2 aromatic carbocycles. The fourth-order valence-electron chi connectivity index (χ4n) is 6.50. The first-order chi connectivity index (χ1) is 19.5. The second-order valence-electron chi connectivity index (χ2n) is 11.2. The number of benzene rings is 2. The number of pyridine rings is 1. The van der Waals surface area contributed by atoms with E-state index in [2.05, 4.69) is 21.7 Å². The number of likely N-dealkylation sites (tertiary alicyclic amines) is 1. The Morgan fingerprint density at radius 2 is 1.82 bits per heavy atom. The number of carbonyl (C=O) groups excluding carboxylic acids is 1. The minimum absolute atomic E-state index is 0.109. The normalized spacial score (nSPS) is 22.1. The molecule has 4 aromatic rings. The number of amides is 1. The fraction of sp³-hybridized carbons (Fsp3) is 0.367. The van der Waals surface area contributed by atoms with Crippen molar-refractivity contribution in [2.24, 2.45) is 5.92 Å². The summed E-state index contributed by atoms with van der Waals surface area (Å²) in [4.78, 5) is 19.1. The number of hydrogen-bond donors (Lipinski definition) is 3. The summed E-state index contributed by atoms with van der Waals surface area (Å²) in [5, 5.41) is 20.2. The third-order valence-electron chi connectivity index (χ3n) is 8.81. The molecule has 7 rings (SSSR count). The van der Waals surface area contributed by atoms with Crippen molar-refractivity contribution >= 4 is 34.5 Å². The molecular formula is C30H33ClN7O2+. The molecular weight excluding hydrogens is 526 g/mol. The first kappa shape index (κ1) is 25.3. The average molecular weight is 559 g/mol. The standard InChI is InChI=1S/C30H32ClN7O2/c31-24-7-5-23(6-8-24)30(40)12-16-35(17-13-30)26-2-1-14-36-20-38(34-28(26)36)33-25-9-3-21(4-10-25)29(39)37-15-11-22-18-32-19-27(22)37/h1-10,14,20,22,27,32,40H,11-13,15-19H2/p+1. The number of carbonyl (C=O) groups is 1. The monoisotopic (exact) mass is 558 g/mol. The molecule has 3 aliphatic heterocycles. The molecule has 2 unspecified atom stereocenters. The Labute approximate surface area is 237 Å². The summed E-state index contributed by atoms with van der Waals surface area (Å²) in [7, 11) is 0. The molecule has 9 nitrogen and oxygen atoms in total. The molecule has 5 heterocycles. The smallest absolute Gasteiger partial charge is 0.332 e. The first-order valence-corrected chi connectivity index (χ1v) is 14.4.